The Bertz CT molecular complexity index is 648. The van der Waals surface area contributed by atoms with Gasteiger partial charge in [-0.3, -0.25) is 4.79 Å². The molecule has 1 aliphatic rings. The Morgan fingerprint density at radius 1 is 1.00 bits per heavy atom. The summed E-state index contributed by atoms with van der Waals surface area (Å²) in [5.74, 6) is 0.293. The highest BCUT2D eigenvalue weighted by Crippen LogP contribution is 2.22. The molecule has 0 spiro atoms. The van der Waals surface area contributed by atoms with E-state index >= 15 is 0 Å². The Labute approximate surface area is 138 Å². The second-order valence-electron chi connectivity index (χ2n) is 6.14. The second kappa shape index (κ2) is 7.77. The summed E-state index contributed by atoms with van der Waals surface area (Å²) in [5.41, 5.74) is 2.40. The summed E-state index contributed by atoms with van der Waals surface area (Å²) in [6, 6.07) is 20.6. The van der Waals surface area contributed by atoms with Crippen LogP contribution in [0.15, 0.2) is 72.8 Å². The average Bonchev–Trinajstić information content (AvgIpc) is 2.63. The molecule has 3 rings (SSSR count). The Morgan fingerprint density at radius 2 is 1.70 bits per heavy atom. The first-order chi connectivity index (χ1) is 11.3. The van der Waals surface area contributed by atoms with Crippen LogP contribution in [0.25, 0.3) is 0 Å². The lowest BCUT2D eigenvalue weighted by atomic mass is 9.92. The zero-order valence-corrected chi connectivity index (χ0v) is 13.3. The lowest BCUT2D eigenvalue weighted by Gasteiger charge is -2.24. The van der Waals surface area contributed by atoms with Crippen molar-refractivity contribution in [2.24, 2.45) is 5.92 Å². The van der Waals surface area contributed by atoms with E-state index in [1.165, 1.54) is 5.56 Å². The fourth-order valence-electron chi connectivity index (χ4n) is 3.11. The molecule has 0 aliphatic heterocycles. The number of benzene rings is 2. The van der Waals surface area contributed by atoms with Gasteiger partial charge in [0.1, 0.15) is 0 Å². The molecule has 2 atom stereocenters. The van der Waals surface area contributed by atoms with Gasteiger partial charge in [0.05, 0.1) is 6.04 Å². The highest BCUT2D eigenvalue weighted by Gasteiger charge is 2.22. The Hall–Kier alpha value is -2.35. The fraction of sp³-hybridized carbons (Fsp3) is 0.286. The van der Waals surface area contributed by atoms with E-state index in [0.717, 1.165) is 31.2 Å². The molecule has 0 saturated heterocycles. The molecule has 2 heteroatoms. The summed E-state index contributed by atoms with van der Waals surface area (Å²) >= 11 is 0. The van der Waals surface area contributed by atoms with Gasteiger partial charge < -0.3 is 5.32 Å². The Morgan fingerprint density at radius 3 is 2.35 bits per heavy atom. The monoisotopic (exact) mass is 305 g/mol. The maximum absolute atomic E-state index is 12.6. The summed E-state index contributed by atoms with van der Waals surface area (Å²) in [5, 5.41) is 3.28. The van der Waals surface area contributed by atoms with E-state index in [1.54, 1.807) is 0 Å². The Kier molecular flexibility index (Phi) is 5.25. The summed E-state index contributed by atoms with van der Waals surface area (Å²) in [6.07, 6.45) is 7.94. The number of nitrogens with one attached hydrogen (secondary N) is 1. The first kappa shape index (κ1) is 15.5. The van der Waals surface area contributed by atoms with Crippen LogP contribution in [0.5, 0.6) is 0 Å². The lowest BCUT2D eigenvalue weighted by molar-refractivity contribution is -0.126. The van der Waals surface area contributed by atoms with E-state index in [1.807, 2.05) is 36.4 Å². The van der Waals surface area contributed by atoms with Crippen LogP contribution in [-0.2, 0) is 11.2 Å². The summed E-state index contributed by atoms with van der Waals surface area (Å²) in [4.78, 5) is 12.6. The molecule has 0 aromatic heterocycles. The van der Waals surface area contributed by atoms with Crippen LogP contribution in [0.2, 0.25) is 0 Å². The zero-order chi connectivity index (χ0) is 15.9. The van der Waals surface area contributed by atoms with Gasteiger partial charge in [-0.15, -0.1) is 0 Å². The molecule has 0 bridgehead atoms. The van der Waals surface area contributed by atoms with Crippen molar-refractivity contribution in [3.63, 3.8) is 0 Å². The number of allylic oxidation sites excluding steroid dienone is 2. The van der Waals surface area contributed by atoms with Crippen LogP contribution in [0, 0.1) is 5.92 Å². The minimum Gasteiger partial charge on any atom is -0.349 e. The van der Waals surface area contributed by atoms with Gasteiger partial charge in [-0.25, -0.2) is 0 Å². The first-order valence-corrected chi connectivity index (χ1v) is 8.37. The predicted molar refractivity (Wildman–Crippen MR) is 94.0 cm³/mol. The largest absolute Gasteiger partial charge is 0.349 e. The molecule has 2 aromatic carbocycles. The van der Waals surface area contributed by atoms with Crippen LogP contribution >= 0.6 is 0 Å². The van der Waals surface area contributed by atoms with E-state index in [4.69, 9.17) is 0 Å². The zero-order valence-electron chi connectivity index (χ0n) is 13.3. The fourth-order valence-corrected chi connectivity index (χ4v) is 3.11. The van der Waals surface area contributed by atoms with Crippen LogP contribution in [0.4, 0.5) is 0 Å². The standard InChI is InChI=1S/C21H23NO/c23-21(19-14-8-3-9-15-19)22-20(18-12-6-2-7-13-18)16-17-10-4-1-5-11-17/h1-8,10-13,19-20H,9,14-16H2,(H,22,23)/t19-,20-/m0/s1. The maximum Gasteiger partial charge on any atom is 0.223 e. The van der Waals surface area contributed by atoms with Crippen LogP contribution < -0.4 is 5.32 Å². The molecule has 2 aromatic rings. The van der Waals surface area contributed by atoms with Gasteiger partial charge >= 0.3 is 0 Å². The topological polar surface area (TPSA) is 29.1 Å². The van der Waals surface area contributed by atoms with Crippen molar-refractivity contribution in [2.45, 2.75) is 31.7 Å². The van der Waals surface area contributed by atoms with Crippen molar-refractivity contribution >= 4 is 5.91 Å². The van der Waals surface area contributed by atoms with Crippen molar-refractivity contribution in [2.75, 3.05) is 0 Å². The molecule has 1 aliphatic carbocycles. The van der Waals surface area contributed by atoms with Gasteiger partial charge in [0.25, 0.3) is 0 Å². The molecule has 1 N–H and O–H groups in total. The van der Waals surface area contributed by atoms with Crippen molar-refractivity contribution in [1.82, 2.24) is 5.32 Å². The van der Waals surface area contributed by atoms with Gasteiger partial charge in [-0.2, -0.15) is 0 Å². The molecule has 0 heterocycles. The SMILES string of the molecule is O=C(N[C@@H](Cc1ccccc1)c1ccccc1)[C@H]1CC=CCC1. The number of carbonyl (C=O) groups excluding carboxylic acids is 1. The highest BCUT2D eigenvalue weighted by molar-refractivity contribution is 5.79. The van der Waals surface area contributed by atoms with Gasteiger partial charge in [-0.05, 0) is 36.8 Å². The van der Waals surface area contributed by atoms with Gasteiger partial charge in [0.15, 0.2) is 0 Å². The summed E-state index contributed by atoms with van der Waals surface area (Å²) < 4.78 is 0. The van der Waals surface area contributed by atoms with E-state index < -0.39 is 0 Å². The molecule has 1 amide bonds. The highest BCUT2D eigenvalue weighted by atomic mass is 16.1. The molecule has 23 heavy (non-hydrogen) atoms. The lowest BCUT2D eigenvalue weighted by Crippen LogP contribution is -2.35. The molecule has 0 fully saturated rings. The predicted octanol–water partition coefficient (Wildman–Crippen LogP) is 4.44. The third kappa shape index (κ3) is 4.32. The molecule has 2 nitrogen and oxygen atoms in total. The smallest absolute Gasteiger partial charge is 0.223 e. The molecular weight excluding hydrogens is 282 g/mol. The first-order valence-electron chi connectivity index (χ1n) is 8.37. The minimum atomic E-state index is 0.0250. The molecule has 118 valence electrons. The van der Waals surface area contributed by atoms with Crippen LogP contribution in [0.1, 0.15) is 36.4 Å². The summed E-state index contributed by atoms with van der Waals surface area (Å²) in [7, 11) is 0. The van der Waals surface area contributed by atoms with Crippen LogP contribution in [0.3, 0.4) is 0 Å². The number of amides is 1. The minimum absolute atomic E-state index is 0.0250. The molecule has 0 unspecified atom stereocenters. The number of rotatable bonds is 5. The van der Waals surface area contributed by atoms with Crippen LogP contribution in [-0.4, -0.2) is 5.91 Å². The Balaban J connectivity index is 1.75. The van der Waals surface area contributed by atoms with Gasteiger partial charge in [0, 0.05) is 5.92 Å². The average molecular weight is 305 g/mol. The third-order valence-corrected chi connectivity index (χ3v) is 4.44. The normalized spacial score (nSPS) is 18.3. The quantitative estimate of drug-likeness (QED) is 0.813. The van der Waals surface area contributed by atoms with Crippen molar-refractivity contribution in [1.29, 1.82) is 0 Å². The maximum atomic E-state index is 12.6. The van der Waals surface area contributed by atoms with E-state index in [2.05, 4.69) is 41.7 Å². The van der Waals surface area contributed by atoms with Gasteiger partial charge in [-0.1, -0.05) is 72.8 Å². The van der Waals surface area contributed by atoms with E-state index in [-0.39, 0.29) is 17.9 Å². The number of carbonyl (C=O) groups is 1. The molecular formula is C21H23NO. The number of hydrogen-bond acceptors (Lipinski definition) is 1. The molecule has 0 radical (unpaired) electrons. The molecule has 0 saturated carbocycles. The van der Waals surface area contributed by atoms with Gasteiger partial charge in [0.2, 0.25) is 5.91 Å². The van der Waals surface area contributed by atoms with Crippen molar-refractivity contribution < 1.29 is 4.79 Å². The van der Waals surface area contributed by atoms with Crippen molar-refractivity contribution in [3.8, 4) is 0 Å². The van der Waals surface area contributed by atoms with E-state index in [0.29, 0.717) is 0 Å². The number of hydrogen-bond donors (Lipinski definition) is 1. The third-order valence-electron chi connectivity index (χ3n) is 4.44. The van der Waals surface area contributed by atoms with Crippen molar-refractivity contribution in [3.05, 3.63) is 83.9 Å². The second-order valence-corrected chi connectivity index (χ2v) is 6.14. The summed E-state index contributed by atoms with van der Waals surface area (Å²) in [6.45, 7) is 0. The van der Waals surface area contributed by atoms with E-state index in [9.17, 15) is 4.79 Å².